The average molecular weight is 345 g/mol. The number of carbonyl (C=O) groups excluding carboxylic acids is 2. The minimum Gasteiger partial charge on any atom is -0.453 e. The Morgan fingerprint density at radius 1 is 1.36 bits per heavy atom. The van der Waals surface area contributed by atoms with Crippen LogP contribution in [-0.2, 0) is 4.74 Å². The summed E-state index contributed by atoms with van der Waals surface area (Å²) in [6.45, 7) is 5.18. The molecule has 8 nitrogen and oxygen atoms in total. The first-order valence-corrected chi connectivity index (χ1v) is 8.44. The van der Waals surface area contributed by atoms with E-state index in [9.17, 15) is 9.59 Å². The second-order valence-electron chi connectivity index (χ2n) is 6.45. The van der Waals surface area contributed by atoms with Gasteiger partial charge < -0.3 is 15.0 Å². The zero-order valence-electron chi connectivity index (χ0n) is 14.7. The summed E-state index contributed by atoms with van der Waals surface area (Å²) < 4.78 is 6.35. The van der Waals surface area contributed by atoms with Crippen LogP contribution in [0.4, 0.5) is 4.79 Å². The van der Waals surface area contributed by atoms with E-state index in [4.69, 9.17) is 4.74 Å². The number of ether oxygens (including phenoxy) is 1. The van der Waals surface area contributed by atoms with E-state index in [1.165, 1.54) is 7.11 Å². The minimum atomic E-state index is -0.289. The van der Waals surface area contributed by atoms with Gasteiger partial charge in [-0.25, -0.2) is 14.3 Å². The lowest BCUT2D eigenvalue weighted by Gasteiger charge is -2.34. The van der Waals surface area contributed by atoms with Crippen LogP contribution in [0.15, 0.2) is 18.5 Å². The highest BCUT2D eigenvalue weighted by Gasteiger charge is 2.28. The smallest absolute Gasteiger partial charge is 0.409 e. The Morgan fingerprint density at radius 3 is 2.76 bits per heavy atom. The molecule has 0 saturated carbocycles. The molecule has 0 aromatic carbocycles. The van der Waals surface area contributed by atoms with Crippen molar-refractivity contribution in [1.82, 2.24) is 24.8 Å². The quantitative estimate of drug-likeness (QED) is 0.913. The van der Waals surface area contributed by atoms with Gasteiger partial charge in [0.15, 0.2) is 5.65 Å². The number of carbonyl (C=O) groups is 2. The molecule has 1 unspecified atom stereocenters. The topological polar surface area (TPSA) is 88.8 Å². The van der Waals surface area contributed by atoms with Gasteiger partial charge in [0.25, 0.3) is 5.91 Å². The number of aromatic nitrogens is 3. The fourth-order valence-corrected chi connectivity index (χ4v) is 3.23. The van der Waals surface area contributed by atoms with Gasteiger partial charge in [-0.05, 0) is 38.7 Å². The molecule has 0 aliphatic carbocycles. The Bertz CT molecular complexity index is 780. The molecule has 0 bridgehead atoms. The number of hydrogen-bond donors (Lipinski definition) is 1. The Balaban J connectivity index is 1.63. The Labute approximate surface area is 146 Å². The first-order valence-electron chi connectivity index (χ1n) is 8.44. The van der Waals surface area contributed by atoms with Crippen molar-refractivity contribution in [1.29, 1.82) is 0 Å². The monoisotopic (exact) mass is 345 g/mol. The third-order valence-corrected chi connectivity index (χ3v) is 4.79. The van der Waals surface area contributed by atoms with Crippen molar-refractivity contribution in [2.75, 3.05) is 20.2 Å². The Kier molecular flexibility index (Phi) is 4.87. The SMILES string of the molecule is COC(=O)N1CCC(C(C)NC(=O)c2cnn3ccc(C)nc23)CC1. The summed E-state index contributed by atoms with van der Waals surface area (Å²) in [4.78, 5) is 30.3. The summed E-state index contributed by atoms with van der Waals surface area (Å²) in [6, 6.07) is 1.85. The maximum atomic E-state index is 12.6. The molecule has 2 amide bonds. The van der Waals surface area contributed by atoms with Gasteiger partial charge in [-0.15, -0.1) is 0 Å². The van der Waals surface area contributed by atoms with Crippen LogP contribution in [0, 0.1) is 12.8 Å². The van der Waals surface area contributed by atoms with Gasteiger partial charge in [-0.3, -0.25) is 4.79 Å². The third kappa shape index (κ3) is 3.57. The van der Waals surface area contributed by atoms with Crippen LogP contribution in [0.3, 0.4) is 0 Å². The van der Waals surface area contributed by atoms with Crippen LogP contribution in [0.2, 0.25) is 0 Å². The van der Waals surface area contributed by atoms with E-state index >= 15 is 0 Å². The number of nitrogens with one attached hydrogen (secondary N) is 1. The molecule has 0 spiro atoms. The van der Waals surface area contributed by atoms with Crippen molar-refractivity contribution in [3.8, 4) is 0 Å². The summed E-state index contributed by atoms with van der Waals surface area (Å²) in [5.41, 5.74) is 1.87. The van der Waals surface area contributed by atoms with E-state index < -0.39 is 0 Å². The molecule has 1 N–H and O–H groups in total. The van der Waals surface area contributed by atoms with Crippen LogP contribution in [0.25, 0.3) is 5.65 Å². The van der Waals surface area contributed by atoms with E-state index in [2.05, 4.69) is 15.4 Å². The van der Waals surface area contributed by atoms with Crippen molar-refractivity contribution in [2.45, 2.75) is 32.7 Å². The molecular formula is C17H23N5O3. The standard InChI is InChI=1S/C17H23N5O3/c1-11-4-9-22-15(19-11)14(10-18-22)16(23)20-12(2)13-5-7-21(8-6-13)17(24)25-3/h4,9-10,12-13H,5-8H2,1-3H3,(H,20,23). The van der Waals surface area contributed by atoms with Crippen molar-refractivity contribution >= 4 is 17.6 Å². The molecule has 8 heteroatoms. The van der Waals surface area contributed by atoms with Crippen LogP contribution in [0.1, 0.15) is 35.8 Å². The Morgan fingerprint density at radius 2 is 2.08 bits per heavy atom. The lowest BCUT2D eigenvalue weighted by molar-refractivity contribution is 0.0868. The first kappa shape index (κ1) is 17.2. The molecule has 25 heavy (non-hydrogen) atoms. The van der Waals surface area contributed by atoms with Crippen LogP contribution in [-0.4, -0.2) is 57.7 Å². The molecule has 2 aromatic rings. The van der Waals surface area contributed by atoms with Crippen LogP contribution < -0.4 is 5.32 Å². The highest BCUT2D eigenvalue weighted by atomic mass is 16.5. The fourth-order valence-electron chi connectivity index (χ4n) is 3.23. The molecule has 1 saturated heterocycles. The van der Waals surface area contributed by atoms with Crippen molar-refractivity contribution in [3.05, 3.63) is 29.7 Å². The third-order valence-electron chi connectivity index (χ3n) is 4.79. The number of methoxy groups -OCH3 is 1. The van der Waals surface area contributed by atoms with Crippen molar-refractivity contribution < 1.29 is 14.3 Å². The number of hydrogen-bond acceptors (Lipinski definition) is 5. The lowest BCUT2D eigenvalue weighted by Crippen LogP contribution is -2.45. The fraction of sp³-hybridized carbons (Fsp3) is 0.529. The van der Waals surface area contributed by atoms with Gasteiger partial charge in [0, 0.05) is 31.0 Å². The van der Waals surface area contributed by atoms with Crippen LogP contribution >= 0.6 is 0 Å². The zero-order chi connectivity index (χ0) is 18.0. The summed E-state index contributed by atoms with van der Waals surface area (Å²) in [5.74, 6) is 0.150. The molecule has 3 rings (SSSR count). The molecule has 1 aliphatic rings. The highest BCUT2D eigenvalue weighted by molar-refractivity contribution is 5.99. The number of amides is 2. The summed E-state index contributed by atoms with van der Waals surface area (Å²) in [5, 5.41) is 7.23. The molecule has 134 valence electrons. The molecule has 0 radical (unpaired) electrons. The zero-order valence-corrected chi connectivity index (χ0v) is 14.7. The van der Waals surface area contributed by atoms with Gasteiger partial charge in [0.2, 0.25) is 0 Å². The van der Waals surface area contributed by atoms with Crippen LogP contribution in [0.5, 0.6) is 0 Å². The number of fused-ring (bicyclic) bond motifs is 1. The normalized spacial score (nSPS) is 16.7. The van der Waals surface area contributed by atoms with Gasteiger partial charge in [0.1, 0.15) is 5.56 Å². The molecule has 1 aliphatic heterocycles. The number of aryl methyl sites for hydroxylation is 1. The predicted octanol–water partition coefficient (Wildman–Crippen LogP) is 1.63. The number of nitrogens with zero attached hydrogens (tertiary/aromatic N) is 4. The summed E-state index contributed by atoms with van der Waals surface area (Å²) in [7, 11) is 1.39. The maximum absolute atomic E-state index is 12.6. The van der Waals surface area contributed by atoms with Gasteiger partial charge in [0.05, 0.1) is 13.3 Å². The first-order chi connectivity index (χ1) is 12.0. The highest BCUT2D eigenvalue weighted by Crippen LogP contribution is 2.21. The van der Waals surface area contributed by atoms with Gasteiger partial charge >= 0.3 is 6.09 Å². The van der Waals surface area contributed by atoms with Crippen molar-refractivity contribution in [2.24, 2.45) is 5.92 Å². The largest absolute Gasteiger partial charge is 0.453 e. The average Bonchev–Trinajstić information content (AvgIpc) is 3.04. The Hall–Kier alpha value is -2.64. The lowest BCUT2D eigenvalue weighted by atomic mass is 9.90. The molecule has 3 heterocycles. The molecule has 1 fully saturated rings. The second kappa shape index (κ2) is 7.08. The minimum absolute atomic E-state index is 0.00653. The molecule has 1 atom stereocenters. The van der Waals surface area contributed by atoms with E-state index in [-0.39, 0.29) is 18.0 Å². The molecule has 2 aromatic heterocycles. The molecular weight excluding hydrogens is 322 g/mol. The van der Waals surface area contributed by atoms with Crippen molar-refractivity contribution in [3.63, 3.8) is 0 Å². The number of piperidine rings is 1. The number of likely N-dealkylation sites (tertiary alicyclic amines) is 1. The summed E-state index contributed by atoms with van der Waals surface area (Å²) in [6.07, 6.45) is 4.72. The van der Waals surface area contributed by atoms with E-state index in [0.29, 0.717) is 30.2 Å². The second-order valence-corrected chi connectivity index (χ2v) is 6.45. The summed E-state index contributed by atoms with van der Waals surface area (Å²) >= 11 is 0. The maximum Gasteiger partial charge on any atom is 0.409 e. The van der Waals surface area contributed by atoms with Gasteiger partial charge in [-0.1, -0.05) is 0 Å². The number of rotatable bonds is 3. The van der Waals surface area contributed by atoms with E-state index in [1.54, 1.807) is 21.8 Å². The van der Waals surface area contributed by atoms with E-state index in [0.717, 1.165) is 18.5 Å². The van der Waals surface area contributed by atoms with E-state index in [1.807, 2.05) is 19.9 Å². The van der Waals surface area contributed by atoms with Gasteiger partial charge in [-0.2, -0.15) is 5.10 Å². The predicted molar refractivity (Wildman–Crippen MR) is 91.4 cm³/mol.